The van der Waals surface area contributed by atoms with Crippen molar-refractivity contribution in [2.24, 2.45) is 5.73 Å². The number of nitrogens with two attached hydrogens (primary N) is 1. The number of ether oxygens (including phenoxy) is 2. The first-order valence-electron chi connectivity index (χ1n) is 6.16. The number of carbonyl (C=O) groups excluding carboxylic acids is 1. The molecule has 0 aliphatic carbocycles. The van der Waals surface area contributed by atoms with Crippen molar-refractivity contribution in [3.8, 4) is 0 Å². The van der Waals surface area contributed by atoms with Crippen LogP contribution in [0.3, 0.4) is 0 Å². The molecule has 1 amide bonds. The lowest BCUT2D eigenvalue weighted by molar-refractivity contribution is -0.154. The molecule has 0 aromatic rings. The average Bonchev–Trinajstić information content (AvgIpc) is 2.30. The van der Waals surface area contributed by atoms with E-state index in [1.54, 1.807) is 0 Å². The minimum absolute atomic E-state index is 0.271. The van der Waals surface area contributed by atoms with Gasteiger partial charge >= 0.3 is 0 Å². The van der Waals surface area contributed by atoms with Crippen molar-refractivity contribution in [2.45, 2.75) is 26.2 Å². The highest BCUT2D eigenvalue weighted by Crippen LogP contribution is 2.07. The second-order valence-electron chi connectivity index (χ2n) is 3.96. The highest BCUT2D eigenvalue weighted by atomic mass is 16.7. The van der Waals surface area contributed by atoms with E-state index in [0.29, 0.717) is 26.3 Å². The van der Waals surface area contributed by atoms with Crippen LogP contribution in [0.5, 0.6) is 0 Å². The zero-order chi connectivity index (χ0) is 12.7. The molecular formula is C11H23N3O3. The van der Waals surface area contributed by atoms with Crippen LogP contribution in [-0.2, 0) is 14.3 Å². The second kappa shape index (κ2) is 7.60. The van der Waals surface area contributed by atoms with Crippen LogP contribution >= 0.6 is 0 Å². The molecule has 1 atom stereocenters. The van der Waals surface area contributed by atoms with E-state index in [9.17, 15) is 4.79 Å². The fourth-order valence-electron chi connectivity index (χ4n) is 1.96. The molecule has 100 valence electrons. The predicted molar refractivity (Wildman–Crippen MR) is 64.5 cm³/mol. The molecule has 6 nitrogen and oxygen atoms in total. The van der Waals surface area contributed by atoms with E-state index in [1.807, 2.05) is 18.7 Å². The number of carbonyl (C=O) groups is 1. The van der Waals surface area contributed by atoms with Gasteiger partial charge in [-0.05, 0) is 13.8 Å². The van der Waals surface area contributed by atoms with Crippen LogP contribution in [-0.4, -0.2) is 62.5 Å². The van der Waals surface area contributed by atoms with E-state index in [2.05, 4.69) is 5.32 Å². The van der Waals surface area contributed by atoms with Gasteiger partial charge in [-0.15, -0.1) is 0 Å². The largest absolute Gasteiger partial charge is 0.368 e. The Morgan fingerprint density at radius 2 is 2.12 bits per heavy atom. The minimum atomic E-state index is -0.302. The number of hydrogen-bond acceptors (Lipinski definition) is 5. The third kappa shape index (κ3) is 4.59. The fraction of sp³-hybridized carbons (Fsp3) is 0.909. The normalized spacial score (nSPS) is 21.9. The Morgan fingerprint density at radius 1 is 1.47 bits per heavy atom. The lowest BCUT2D eigenvalue weighted by atomic mass is 10.2. The molecule has 1 rings (SSSR count). The average molecular weight is 245 g/mol. The smallest absolute Gasteiger partial charge is 0.236 e. The van der Waals surface area contributed by atoms with E-state index in [0.717, 1.165) is 13.1 Å². The van der Waals surface area contributed by atoms with E-state index >= 15 is 0 Å². The molecule has 0 radical (unpaired) electrons. The van der Waals surface area contributed by atoms with Crippen molar-refractivity contribution in [2.75, 3.05) is 39.4 Å². The predicted octanol–water partition coefficient (Wildman–Crippen LogP) is -0.855. The summed E-state index contributed by atoms with van der Waals surface area (Å²) in [5.41, 5.74) is 5.38. The third-order valence-corrected chi connectivity index (χ3v) is 2.77. The van der Waals surface area contributed by atoms with Gasteiger partial charge in [-0.1, -0.05) is 0 Å². The molecule has 0 bridgehead atoms. The number of nitrogens with one attached hydrogen (secondary N) is 1. The molecule has 1 unspecified atom stereocenters. The number of nitrogens with zero attached hydrogens (tertiary/aromatic N) is 1. The van der Waals surface area contributed by atoms with Crippen molar-refractivity contribution >= 4 is 5.91 Å². The summed E-state index contributed by atoms with van der Waals surface area (Å²) in [6.07, 6.45) is -0.287. The Bertz CT molecular complexity index is 232. The number of piperazine rings is 1. The first-order valence-corrected chi connectivity index (χ1v) is 6.16. The zero-order valence-corrected chi connectivity index (χ0v) is 10.6. The summed E-state index contributed by atoms with van der Waals surface area (Å²) in [6.45, 7) is 7.86. The number of primary amides is 1. The Labute approximate surface area is 102 Å². The zero-order valence-electron chi connectivity index (χ0n) is 10.6. The van der Waals surface area contributed by atoms with Crippen LogP contribution in [0.4, 0.5) is 0 Å². The van der Waals surface area contributed by atoms with Gasteiger partial charge in [0.2, 0.25) is 5.91 Å². The third-order valence-electron chi connectivity index (χ3n) is 2.77. The Morgan fingerprint density at radius 3 is 2.65 bits per heavy atom. The van der Waals surface area contributed by atoms with E-state index < -0.39 is 0 Å². The minimum Gasteiger partial charge on any atom is -0.368 e. The Kier molecular flexibility index (Phi) is 6.43. The van der Waals surface area contributed by atoms with Crippen LogP contribution in [0.2, 0.25) is 0 Å². The topological polar surface area (TPSA) is 76.8 Å². The van der Waals surface area contributed by atoms with E-state index in [1.165, 1.54) is 0 Å². The molecule has 17 heavy (non-hydrogen) atoms. The van der Waals surface area contributed by atoms with Gasteiger partial charge in [0, 0.05) is 32.8 Å². The van der Waals surface area contributed by atoms with Crippen LogP contribution in [0.25, 0.3) is 0 Å². The lowest BCUT2D eigenvalue weighted by Crippen LogP contribution is -2.58. The fourth-order valence-corrected chi connectivity index (χ4v) is 1.96. The van der Waals surface area contributed by atoms with Crippen LogP contribution < -0.4 is 11.1 Å². The summed E-state index contributed by atoms with van der Waals surface area (Å²) in [6, 6.07) is -0.271. The number of hydrogen-bond donors (Lipinski definition) is 2. The van der Waals surface area contributed by atoms with Gasteiger partial charge in [0.05, 0.1) is 6.54 Å². The molecule has 1 aliphatic rings. The SMILES string of the molecule is CCOC(CN1CCNCC1C(N)=O)OCC. The number of rotatable bonds is 7. The summed E-state index contributed by atoms with van der Waals surface area (Å²) in [4.78, 5) is 13.3. The monoisotopic (exact) mass is 245 g/mol. The highest BCUT2D eigenvalue weighted by Gasteiger charge is 2.28. The van der Waals surface area contributed by atoms with Gasteiger partial charge in [0.15, 0.2) is 6.29 Å². The van der Waals surface area contributed by atoms with Gasteiger partial charge in [-0.25, -0.2) is 0 Å². The molecule has 0 aromatic heterocycles. The summed E-state index contributed by atoms with van der Waals surface area (Å²) in [5, 5.41) is 3.16. The van der Waals surface area contributed by atoms with Crippen molar-refractivity contribution < 1.29 is 14.3 Å². The molecule has 1 aliphatic heterocycles. The van der Waals surface area contributed by atoms with Gasteiger partial charge in [-0.2, -0.15) is 0 Å². The quantitative estimate of drug-likeness (QED) is 0.571. The molecular weight excluding hydrogens is 222 g/mol. The second-order valence-corrected chi connectivity index (χ2v) is 3.96. The first kappa shape index (κ1) is 14.4. The van der Waals surface area contributed by atoms with Crippen LogP contribution in [0.15, 0.2) is 0 Å². The highest BCUT2D eigenvalue weighted by molar-refractivity contribution is 5.80. The van der Waals surface area contributed by atoms with Gasteiger partial charge in [0.1, 0.15) is 6.04 Å². The van der Waals surface area contributed by atoms with Crippen LogP contribution in [0, 0.1) is 0 Å². The summed E-state index contributed by atoms with van der Waals surface area (Å²) in [7, 11) is 0. The van der Waals surface area contributed by atoms with E-state index in [-0.39, 0.29) is 18.2 Å². The maximum Gasteiger partial charge on any atom is 0.236 e. The van der Waals surface area contributed by atoms with Crippen LogP contribution in [0.1, 0.15) is 13.8 Å². The molecule has 0 saturated carbocycles. The van der Waals surface area contributed by atoms with Crippen molar-refractivity contribution in [3.05, 3.63) is 0 Å². The summed E-state index contributed by atoms with van der Waals surface area (Å²) < 4.78 is 11.0. The molecule has 1 saturated heterocycles. The first-order chi connectivity index (χ1) is 8.19. The lowest BCUT2D eigenvalue weighted by Gasteiger charge is -2.36. The Hall–Kier alpha value is -0.690. The van der Waals surface area contributed by atoms with Gasteiger partial charge < -0.3 is 20.5 Å². The molecule has 1 heterocycles. The van der Waals surface area contributed by atoms with E-state index in [4.69, 9.17) is 15.2 Å². The summed E-state index contributed by atoms with van der Waals surface area (Å²) >= 11 is 0. The van der Waals surface area contributed by atoms with Gasteiger partial charge in [0.25, 0.3) is 0 Å². The number of amides is 1. The molecule has 1 fully saturated rings. The molecule has 0 aromatic carbocycles. The van der Waals surface area contributed by atoms with Crippen molar-refractivity contribution in [1.29, 1.82) is 0 Å². The maximum atomic E-state index is 11.3. The maximum absolute atomic E-state index is 11.3. The molecule has 0 spiro atoms. The summed E-state index contributed by atoms with van der Waals surface area (Å²) in [5.74, 6) is -0.302. The van der Waals surface area contributed by atoms with Gasteiger partial charge in [-0.3, -0.25) is 9.69 Å². The van der Waals surface area contributed by atoms with Crippen molar-refractivity contribution in [3.63, 3.8) is 0 Å². The van der Waals surface area contributed by atoms with Crippen molar-refractivity contribution in [1.82, 2.24) is 10.2 Å². The molecule has 6 heteroatoms. The standard InChI is InChI=1S/C11H23N3O3/c1-3-16-10(17-4-2)8-14-6-5-13-7-9(14)11(12)15/h9-10,13H,3-8H2,1-2H3,(H2,12,15). The molecule has 3 N–H and O–H groups in total. The Balaban J connectivity index is 2.52.